The van der Waals surface area contributed by atoms with Crippen molar-refractivity contribution in [1.29, 1.82) is 0 Å². The van der Waals surface area contributed by atoms with Gasteiger partial charge in [-0.1, -0.05) is 42.0 Å². The van der Waals surface area contributed by atoms with Crippen LogP contribution in [0.5, 0.6) is 5.75 Å². The zero-order chi connectivity index (χ0) is 20.2. The third-order valence-electron chi connectivity index (χ3n) is 4.94. The first kappa shape index (κ1) is 18.7. The summed E-state index contributed by atoms with van der Waals surface area (Å²) in [5.41, 5.74) is 6.21. The molecular weight excluding hydrogens is 364 g/mol. The monoisotopic (exact) mass is 386 g/mol. The first-order valence-corrected chi connectivity index (χ1v) is 9.55. The van der Waals surface area contributed by atoms with Gasteiger partial charge in [-0.15, -0.1) is 0 Å². The summed E-state index contributed by atoms with van der Waals surface area (Å²) < 4.78 is 6.15. The number of hydrogen-bond donors (Lipinski definition) is 2. The molecule has 146 valence electrons. The van der Waals surface area contributed by atoms with Gasteiger partial charge in [-0.25, -0.2) is 0 Å². The standard InChI is InChI=1S/C24H22N2O3/c1-16-2-4-18(5-3-16)15-29-23-10-6-17(7-11-24(27)28)12-21(23)19-8-9-22-20(13-19)14-25-26-22/h2-6,8-10,12-14H,7,11,15H2,1H3,(H,25,26)(H,27,28). The summed E-state index contributed by atoms with van der Waals surface area (Å²) in [5.74, 6) is -0.0291. The van der Waals surface area contributed by atoms with E-state index < -0.39 is 5.97 Å². The number of aromatic nitrogens is 2. The van der Waals surface area contributed by atoms with Crippen LogP contribution in [0.1, 0.15) is 23.1 Å². The molecule has 5 nitrogen and oxygen atoms in total. The van der Waals surface area contributed by atoms with Crippen LogP contribution in [-0.2, 0) is 17.8 Å². The molecule has 0 saturated heterocycles. The van der Waals surface area contributed by atoms with Gasteiger partial charge in [0.2, 0.25) is 0 Å². The van der Waals surface area contributed by atoms with Crippen LogP contribution in [0.3, 0.4) is 0 Å². The van der Waals surface area contributed by atoms with Crippen LogP contribution >= 0.6 is 0 Å². The first-order chi connectivity index (χ1) is 14.1. The number of benzene rings is 3. The third kappa shape index (κ3) is 4.46. The molecular formula is C24H22N2O3. The number of aliphatic carboxylic acids is 1. The van der Waals surface area contributed by atoms with E-state index in [1.807, 2.05) is 30.3 Å². The lowest BCUT2D eigenvalue weighted by Crippen LogP contribution is -2.00. The van der Waals surface area contributed by atoms with E-state index in [4.69, 9.17) is 9.84 Å². The van der Waals surface area contributed by atoms with Crippen LogP contribution in [-0.4, -0.2) is 21.3 Å². The van der Waals surface area contributed by atoms with Crippen LogP contribution in [0.2, 0.25) is 0 Å². The van der Waals surface area contributed by atoms with Crippen LogP contribution in [0, 0.1) is 6.92 Å². The van der Waals surface area contributed by atoms with Crippen molar-refractivity contribution >= 4 is 16.9 Å². The lowest BCUT2D eigenvalue weighted by molar-refractivity contribution is -0.136. The summed E-state index contributed by atoms with van der Waals surface area (Å²) in [6, 6.07) is 20.2. The van der Waals surface area contributed by atoms with Gasteiger partial charge in [0.25, 0.3) is 0 Å². The number of fused-ring (bicyclic) bond motifs is 1. The molecule has 0 unspecified atom stereocenters. The average Bonchev–Trinajstić information content (AvgIpc) is 3.20. The van der Waals surface area contributed by atoms with E-state index in [2.05, 4.69) is 47.5 Å². The molecule has 0 aliphatic carbocycles. The largest absolute Gasteiger partial charge is 0.488 e. The van der Waals surface area contributed by atoms with Gasteiger partial charge in [0.15, 0.2) is 0 Å². The number of aryl methyl sites for hydroxylation is 2. The summed E-state index contributed by atoms with van der Waals surface area (Å²) in [6.45, 7) is 2.53. The highest BCUT2D eigenvalue weighted by Gasteiger charge is 2.11. The highest BCUT2D eigenvalue weighted by atomic mass is 16.5. The van der Waals surface area contributed by atoms with Crippen molar-refractivity contribution in [3.8, 4) is 16.9 Å². The lowest BCUT2D eigenvalue weighted by Gasteiger charge is -2.14. The fourth-order valence-corrected chi connectivity index (χ4v) is 3.29. The number of ether oxygens (including phenoxy) is 1. The predicted octanol–water partition coefficient (Wildman–Crippen LogP) is 5.13. The quantitative estimate of drug-likeness (QED) is 0.461. The van der Waals surface area contributed by atoms with Gasteiger partial charge < -0.3 is 9.84 Å². The fraction of sp³-hybridized carbons (Fsp3) is 0.167. The molecule has 2 N–H and O–H groups in total. The van der Waals surface area contributed by atoms with Gasteiger partial charge in [0.1, 0.15) is 12.4 Å². The van der Waals surface area contributed by atoms with E-state index in [0.717, 1.165) is 38.9 Å². The van der Waals surface area contributed by atoms with Crippen molar-refractivity contribution < 1.29 is 14.6 Å². The van der Waals surface area contributed by atoms with Crippen molar-refractivity contribution in [1.82, 2.24) is 10.2 Å². The Morgan fingerprint density at radius 2 is 1.83 bits per heavy atom. The Hall–Kier alpha value is -3.60. The summed E-state index contributed by atoms with van der Waals surface area (Å²) >= 11 is 0. The normalized spacial score (nSPS) is 10.9. The molecule has 0 fully saturated rings. The van der Waals surface area contributed by atoms with Crippen LogP contribution in [0.25, 0.3) is 22.0 Å². The first-order valence-electron chi connectivity index (χ1n) is 9.55. The molecule has 1 heterocycles. The van der Waals surface area contributed by atoms with Crippen molar-refractivity contribution in [3.05, 3.63) is 83.6 Å². The number of rotatable bonds is 7. The van der Waals surface area contributed by atoms with Gasteiger partial charge in [0, 0.05) is 17.4 Å². The van der Waals surface area contributed by atoms with Gasteiger partial charge in [-0.2, -0.15) is 5.10 Å². The van der Waals surface area contributed by atoms with Gasteiger partial charge in [-0.3, -0.25) is 9.89 Å². The second kappa shape index (κ2) is 8.19. The minimum atomic E-state index is -0.800. The number of carboxylic acid groups (broad SMARTS) is 1. The molecule has 3 aromatic carbocycles. The maximum absolute atomic E-state index is 11.0. The summed E-state index contributed by atoms with van der Waals surface area (Å²) in [6.07, 6.45) is 2.37. The Bertz CT molecular complexity index is 1150. The van der Waals surface area contributed by atoms with E-state index in [9.17, 15) is 4.79 Å². The van der Waals surface area contributed by atoms with Gasteiger partial charge >= 0.3 is 5.97 Å². The van der Waals surface area contributed by atoms with Crippen molar-refractivity contribution in [2.45, 2.75) is 26.4 Å². The fourth-order valence-electron chi connectivity index (χ4n) is 3.29. The molecule has 29 heavy (non-hydrogen) atoms. The topological polar surface area (TPSA) is 75.2 Å². The predicted molar refractivity (Wildman–Crippen MR) is 113 cm³/mol. The molecule has 0 aliphatic heterocycles. The average molecular weight is 386 g/mol. The van der Waals surface area contributed by atoms with E-state index in [1.54, 1.807) is 6.20 Å². The van der Waals surface area contributed by atoms with Crippen molar-refractivity contribution in [2.75, 3.05) is 0 Å². The van der Waals surface area contributed by atoms with Crippen LogP contribution < -0.4 is 4.74 Å². The molecule has 0 bridgehead atoms. The summed E-state index contributed by atoms with van der Waals surface area (Å²) in [5, 5.41) is 17.1. The number of nitrogens with zero attached hydrogens (tertiary/aromatic N) is 1. The smallest absolute Gasteiger partial charge is 0.303 e. The number of carboxylic acids is 1. The zero-order valence-corrected chi connectivity index (χ0v) is 16.2. The van der Waals surface area contributed by atoms with Crippen LogP contribution in [0.15, 0.2) is 66.9 Å². The number of hydrogen-bond acceptors (Lipinski definition) is 3. The van der Waals surface area contributed by atoms with Crippen molar-refractivity contribution in [3.63, 3.8) is 0 Å². The Kier molecular flexibility index (Phi) is 5.29. The maximum Gasteiger partial charge on any atom is 0.303 e. The molecule has 4 aromatic rings. The van der Waals surface area contributed by atoms with E-state index in [0.29, 0.717) is 13.0 Å². The van der Waals surface area contributed by atoms with E-state index in [1.165, 1.54) is 5.56 Å². The zero-order valence-electron chi connectivity index (χ0n) is 16.2. The van der Waals surface area contributed by atoms with Crippen molar-refractivity contribution in [2.24, 2.45) is 0 Å². The molecule has 4 rings (SSSR count). The molecule has 0 radical (unpaired) electrons. The molecule has 1 aromatic heterocycles. The minimum absolute atomic E-state index is 0.101. The second-order valence-corrected chi connectivity index (χ2v) is 7.17. The van der Waals surface area contributed by atoms with E-state index in [-0.39, 0.29) is 6.42 Å². The summed E-state index contributed by atoms with van der Waals surface area (Å²) in [7, 11) is 0. The molecule has 0 saturated carbocycles. The number of carbonyl (C=O) groups is 1. The molecule has 0 amide bonds. The second-order valence-electron chi connectivity index (χ2n) is 7.17. The molecule has 5 heteroatoms. The van der Waals surface area contributed by atoms with Gasteiger partial charge in [0.05, 0.1) is 11.7 Å². The Morgan fingerprint density at radius 1 is 1.03 bits per heavy atom. The number of aromatic amines is 1. The number of nitrogens with one attached hydrogen (secondary N) is 1. The minimum Gasteiger partial charge on any atom is -0.488 e. The third-order valence-corrected chi connectivity index (χ3v) is 4.94. The molecule has 0 atom stereocenters. The highest BCUT2D eigenvalue weighted by Crippen LogP contribution is 2.33. The Balaban J connectivity index is 1.66. The molecule has 0 spiro atoms. The summed E-state index contributed by atoms with van der Waals surface area (Å²) in [4.78, 5) is 11.0. The maximum atomic E-state index is 11.0. The van der Waals surface area contributed by atoms with Gasteiger partial charge in [-0.05, 0) is 54.3 Å². The van der Waals surface area contributed by atoms with Crippen LogP contribution in [0.4, 0.5) is 0 Å². The Labute approximate surface area is 169 Å². The Morgan fingerprint density at radius 3 is 2.62 bits per heavy atom. The SMILES string of the molecule is Cc1ccc(COc2ccc(CCC(=O)O)cc2-c2ccc3[nH]ncc3c2)cc1. The van der Waals surface area contributed by atoms with E-state index >= 15 is 0 Å². The lowest BCUT2D eigenvalue weighted by atomic mass is 9.99. The number of H-pyrrole nitrogens is 1. The highest BCUT2D eigenvalue weighted by molar-refractivity contribution is 5.85. The molecule has 0 aliphatic rings.